The fraction of sp³-hybridized carbons (Fsp3) is 0.192. The predicted molar refractivity (Wildman–Crippen MR) is 139 cm³/mol. The van der Waals surface area contributed by atoms with Crippen molar-refractivity contribution in [1.82, 2.24) is 39.7 Å². The first-order valence-electron chi connectivity index (χ1n) is 11.8. The van der Waals surface area contributed by atoms with Crippen LogP contribution in [0.5, 0.6) is 0 Å². The topological polar surface area (TPSA) is 159 Å². The third kappa shape index (κ3) is 5.41. The highest BCUT2D eigenvalue weighted by Crippen LogP contribution is 2.28. The molecule has 0 bridgehead atoms. The van der Waals surface area contributed by atoms with Gasteiger partial charge < -0.3 is 15.7 Å². The van der Waals surface area contributed by atoms with Gasteiger partial charge in [0.2, 0.25) is 0 Å². The number of aliphatic hydroxyl groups is 1. The first-order valence-corrected chi connectivity index (χ1v) is 11.8. The molecule has 0 radical (unpaired) electrons. The molecule has 0 aliphatic rings. The molecule has 5 aromatic heterocycles. The maximum absolute atomic E-state index is 14.3. The highest BCUT2D eigenvalue weighted by atomic mass is 19.1. The Bertz CT molecular complexity index is 1670. The van der Waals surface area contributed by atoms with Crippen molar-refractivity contribution in [3.05, 3.63) is 78.8 Å². The Morgan fingerprint density at radius 1 is 1.15 bits per heavy atom. The largest absolute Gasteiger partial charge is 0.387 e. The van der Waals surface area contributed by atoms with Crippen LogP contribution in [0, 0.1) is 11.3 Å². The Morgan fingerprint density at radius 3 is 2.69 bits per heavy atom. The van der Waals surface area contributed by atoms with Crippen molar-refractivity contribution in [1.29, 1.82) is 5.26 Å². The number of fused-ring (bicyclic) bond motifs is 1. The molecule has 1 unspecified atom stereocenters. The summed E-state index contributed by atoms with van der Waals surface area (Å²) in [5.74, 6) is -0.0260. The molecule has 0 aliphatic heterocycles. The van der Waals surface area contributed by atoms with Crippen molar-refractivity contribution in [2.45, 2.75) is 25.6 Å². The lowest BCUT2D eigenvalue weighted by Crippen LogP contribution is -2.42. The quantitative estimate of drug-likeness (QED) is 0.276. The van der Waals surface area contributed by atoms with Crippen LogP contribution in [-0.2, 0) is 0 Å². The van der Waals surface area contributed by atoms with Gasteiger partial charge in [-0.15, -0.1) is 0 Å². The highest BCUT2D eigenvalue weighted by Gasteiger charge is 2.27. The zero-order valence-electron chi connectivity index (χ0n) is 20.9. The van der Waals surface area contributed by atoms with Crippen molar-refractivity contribution in [2.24, 2.45) is 0 Å². The summed E-state index contributed by atoms with van der Waals surface area (Å²) in [7, 11) is 0. The van der Waals surface area contributed by atoms with Gasteiger partial charge >= 0.3 is 0 Å². The number of hydrogen-bond donors (Lipinski definition) is 3. The molecular weight excluding hydrogens is 503 g/mol. The van der Waals surface area contributed by atoms with Gasteiger partial charge in [-0.25, -0.2) is 23.6 Å². The molecule has 39 heavy (non-hydrogen) atoms. The standard InChI is InChI=1S/C26H23FN10O2/c1-26(2,39)23(27)13-32-25(38)19-12-30-21(22-5-4-18-7-16(9-28)10-33-37(18)22)8-20(19)35-17-3-6-24(31-11-17)36-15-29-14-34-36/h3-8,10-12,14-15,23,39H,13H2,1-2H3,(H,30,35)(H,32,38). The second-order valence-corrected chi connectivity index (χ2v) is 9.23. The Hall–Kier alpha value is -5.22. The van der Waals surface area contributed by atoms with E-state index in [4.69, 9.17) is 5.26 Å². The van der Waals surface area contributed by atoms with Crippen LogP contribution < -0.4 is 10.6 Å². The normalized spacial score (nSPS) is 12.2. The molecule has 0 spiro atoms. The zero-order chi connectivity index (χ0) is 27.6. The molecule has 0 fully saturated rings. The van der Waals surface area contributed by atoms with E-state index >= 15 is 0 Å². The van der Waals surface area contributed by atoms with Crippen LogP contribution in [0.15, 0.2) is 67.6 Å². The number of halogens is 1. The number of carbonyl (C=O) groups is 1. The van der Waals surface area contributed by atoms with E-state index in [0.717, 1.165) is 0 Å². The summed E-state index contributed by atoms with van der Waals surface area (Å²) in [4.78, 5) is 25.8. The molecule has 1 amide bonds. The van der Waals surface area contributed by atoms with Crippen LogP contribution in [0.2, 0.25) is 0 Å². The summed E-state index contributed by atoms with van der Waals surface area (Å²) in [6, 6.07) is 12.5. The van der Waals surface area contributed by atoms with Crippen LogP contribution in [0.25, 0.3) is 22.7 Å². The molecule has 13 heteroatoms. The van der Waals surface area contributed by atoms with E-state index in [2.05, 4.69) is 41.9 Å². The molecule has 0 aromatic carbocycles. The van der Waals surface area contributed by atoms with Crippen molar-refractivity contribution in [3.8, 4) is 23.3 Å². The average Bonchev–Trinajstić information content (AvgIpc) is 3.61. The number of anilines is 2. The first-order chi connectivity index (χ1) is 18.7. The minimum absolute atomic E-state index is 0.155. The maximum Gasteiger partial charge on any atom is 0.255 e. The van der Waals surface area contributed by atoms with Crippen molar-refractivity contribution in [2.75, 3.05) is 11.9 Å². The maximum atomic E-state index is 14.3. The van der Waals surface area contributed by atoms with E-state index in [1.807, 2.05) is 6.07 Å². The minimum atomic E-state index is -1.67. The van der Waals surface area contributed by atoms with Crippen LogP contribution >= 0.6 is 0 Å². The van der Waals surface area contributed by atoms with Crippen molar-refractivity contribution in [3.63, 3.8) is 0 Å². The van der Waals surface area contributed by atoms with Gasteiger partial charge in [0.05, 0.1) is 63.9 Å². The number of hydrogen-bond acceptors (Lipinski definition) is 9. The second-order valence-electron chi connectivity index (χ2n) is 9.23. The number of carbonyl (C=O) groups excluding carboxylic acids is 1. The number of nitrogens with one attached hydrogen (secondary N) is 2. The number of nitriles is 1. The van der Waals surface area contributed by atoms with Gasteiger partial charge in [-0.3, -0.25) is 9.78 Å². The van der Waals surface area contributed by atoms with Gasteiger partial charge in [-0.1, -0.05) is 0 Å². The first kappa shape index (κ1) is 25.4. The SMILES string of the molecule is CC(C)(O)C(F)CNC(=O)c1cnc(-c2ccc3cc(C#N)cnn23)cc1Nc1ccc(-n2cncn2)nc1. The smallest absolute Gasteiger partial charge is 0.255 e. The van der Waals surface area contributed by atoms with Gasteiger partial charge in [-0.05, 0) is 50.2 Å². The van der Waals surface area contributed by atoms with Gasteiger partial charge in [0.1, 0.15) is 24.9 Å². The van der Waals surface area contributed by atoms with Crippen LogP contribution in [-0.4, -0.2) is 63.7 Å². The van der Waals surface area contributed by atoms with Crippen LogP contribution in [0.1, 0.15) is 29.8 Å². The molecule has 5 rings (SSSR count). The van der Waals surface area contributed by atoms with E-state index in [1.54, 1.807) is 41.0 Å². The molecule has 5 aromatic rings. The molecule has 5 heterocycles. The summed E-state index contributed by atoms with van der Waals surface area (Å²) in [6.07, 6.45) is 5.66. The Kier molecular flexibility index (Phi) is 6.70. The third-order valence-corrected chi connectivity index (χ3v) is 5.93. The van der Waals surface area contributed by atoms with Gasteiger partial charge in [-0.2, -0.15) is 15.5 Å². The van der Waals surface area contributed by atoms with Gasteiger partial charge in [0.15, 0.2) is 5.82 Å². The van der Waals surface area contributed by atoms with E-state index in [1.165, 1.54) is 43.6 Å². The molecule has 0 aliphatic carbocycles. The number of nitrogens with zero attached hydrogens (tertiary/aromatic N) is 8. The lowest BCUT2D eigenvalue weighted by Gasteiger charge is -2.22. The molecule has 12 nitrogen and oxygen atoms in total. The second kappa shape index (κ2) is 10.3. The molecule has 0 saturated carbocycles. The molecule has 1 atom stereocenters. The zero-order valence-corrected chi connectivity index (χ0v) is 20.9. The monoisotopic (exact) mass is 526 g/mol. The number of pyridine rings is 2. The Morgan fingerprint density at radius 2 is 2.00 bits per heavy atom. The van der Waals surface area contributed by atoms with E-state index < -0.39 is 17.7 Å². The van der Waals surface area contributed by atoms with Crippen LogP contribution in [0.3, 0.4) is 0 Å². The van der Waals surface area contributed by atoms with E-state index in [-0.39, 0.29) is 12.1 Å². The lowest BCUT2D eigenvalue weighted by atomic mass is 10.0. The number of rotatable bonds is 8. The third-order valence-electron chi connectivity index (χ3n) is 5.93. The van der Waals surface area contributed by atoms with Crippen molar-refractivity contribution < 1.29 is 14.3 Å². The number of alkyl halides is 1. The molecule has 0 saturated heterocycles. The lowest BCUT2D eigenvalue weighted by molar-refractivity contribution is -0.00177. The summed E-state index contributed by atoms with van der Waals surface area (Å²) in [5.41, 5.74) is 1.76. The van der Waals surface area contributed by atoms with Crippen LogP contribution in [0.4, 0.5) is 15.8 Å². The predicted octanol–water partition coefficient (Wildman–Crippen LogP) is 2.83. The Labute approximate surface area is 221 Å². The number of aromatic nitrogens is 7. The molecule has 196 valence electrons. The molecular formula is C26H23FN10O2. The minimum Gasteiger partial charge on any atom is -0.387 e. The van der Waals surface area contributed by atoms with E-state index in [0.29, 0.717) is 39.7 Å². The fourth-order valence-corrected chi connectivity index (χ4v) is 3.74. The van der Waals surface area contributed by atoms with E-state index in [9.17, 15) is 14.3 Å². The Balaban J connectivity index is 1.49. The summed E-state index contributed by atoms with van der Waals surface area (Å²) >= 11 is 0. The number of amides is 1. The highest BCUT2D eigenvalue weighted by molar-refractivity contribution is 6.00. The van der Waals surface area contributed by atoms with Gasteiger partial charge in [0.25, 0.3) is 5.91 Å². The summed E-state index contributed by atoms with van der Waals surface area (Å²) in [5, 5.41) is 33.1. The molecule has 3 N–H and O–H groups in total. The fourth-order valence-electron chi connectivity index (χ4n) is 3.74. The summed E-state index contributed by atoms with van der Waals surface area (Å²) < 4.78 is 17.4. The van der Waals surface area contributed by atoms with Crippen molar-refractivity contribution >= 4 is 22.8 Å². The average molecular weight is 527 g/mol. The van der Waals surface area contributed by atoms with Gasteiger partial charge in [0, 0.05) is 6.20 Å². The summed E-state index contributed by atoms with van der Waals surface area (Å²) in [6.45, 7) is 2.28.